The van der Waals surface area contributed by atoms with Gasteiger partial charge in [0.25, 0.3) is 0 Å². The smallest absolute Gasteiger partial charge is 0.0253 e. The molecule has 0 fully saturated rings. The molecule has 200 valence electrons. The van der Waals surface area contributed by atoms with Gasteiger partial charge in [-0.3, -0.25) is 0 Å². The van der Waals surface area contributed by atoms with Gasteiger partial charge in [-0.25, -0.2) is 6.07 Å². The first kappa shape index (κ1) is 34.4. The summed E-state index contributed by atoms with van der Waals surface area (Å²) in [4.78, 5) is 0. The van der Waals surface area contributed by atoms with E-state index in [0.29, 0.717) is 0 Å². The second kappa shape index (κ2) is 14.7. The molecular formula is C31H31Cl2F3SiZr-2. The fourth-order valence-corrected chi connectivity index (χ4v) is 6.77. The number of rotatable bonds is 2. The third kappa shape index (κ3) is 9.23. The van der Waals surface area contributed by atoms with Gasteiger partial charge in [0.2, 0.25) is 0 Å². The maximum atomic E-state index is 12.0. The minimum absolute atomic E-state index is 0. The van der Waals surface area contributed by atoms with E-state index in [0.717, 1.165) is 24.1 Å². The van der Waals surface area contributed by atoms with Crippen LogP contribution >= 0.6 is 0 Å². The SMILES string of the molecule is Cc1cc([Si](C)(C)C)c(C)[cH-]1.FC(F)(F)c1ccc([CH]=[Zr+2])cc1.[Cl-].[Cl-].[c-]1cccc2c1Cc1ccccc1-2. The van der Waals surface area contributed by atoms with Gasteiger partial charge in [0.15, 0.2) is 0 Å². The maximum Gasteiger partial charge on any atom is -0.0253 e. The van der Waals surface area contributed by atoms with Gasteiger partial charge in [0.05, 0.1) is 0 Å². The fourth-order valence-electron chi connectivity index (χ4n) is 4.38. The van der Waals surface area contributed by atoms with E-state index in [1.165, 1.54) is 69.7 Å². The van der Waals surface area contributed by atoms with Crippen LogP contribution in [-0.2, 0) is 36.8 Å². The summed E-state index contributed by atoms with van der Waals surface area (Å²) in [6, 6.07) is 27.9. The molecule has 0 nitrogen and oxygen atoms in total. The van der Waals surface area contributed by atoms with Crippen molar-refractivity contribution < 1.29 is 62.2 Å². The van der Waals surface area contributed by atoms with Crippen molar-refractivity contribution in [2.24, 2.45) is 0 Å². The van der Waals surface area contributed by atoms with E-state index in [1.54, 1.807) is 5.19 Å². The molecule has 0 heterocycles. The molecule has 0 bridgehead atoms. The van der Waals surface area contributed by atoms with E-state index < -0.39 is 19.8 Å². The van der Waals surface area contributed by atoms with E-state index in [2.05, 4.69) is 88.1 Å². The first-order valence-corrected chi connectivity index (χ1v) is 16.8. The molecule has 0 spiro atoms. The number of alkyl halides is 3. The van der Waals surface area contributed by atoms with E-state index in [9.17, 15) is 13.2 Å². The molecule has 0 radical (unpaired) electrons. The molecule has 0 amide bonds. The standard InChI is InChI=1S/C13H9.C10H17Si.C8H5F3.2ClH.Zr/c1-3-7-12-10(5-1)9-11-6-2-4-8-13(11)12;1-8-6-9(2)10(7-8)11(3,4)5;1-6-2-4-7(5-3-6)8(9,10)11;;;/h1-5,7-8H,9H2;6-7H,1-5H3;1-5H;2*1H;/q2*-1;;;;+2/p-2. The zero-order chi connectivity index (χ0) is 26.5. The summed E-state index contributed by atoms with van der Waals surface area (Å²) in [5.41, 5.74) is 8.66. The van der Waals surface area contributed by atoms with Crippen LogP contribution in [0.1, 0.15) is 33.4 Å². The minimum Gasteiger partial charge on any atom is -1.00 e. The fraction of sp³-hybridized carbons (Fsp3) is 0.226. The number of hydrogen-bond acceptors (Lipinski definition) is 0. The van der Waals surface area contributed by atoms with Gasteiger partial charge >= 0.3 is 82.7 Å². The van der Waals surface area contributed by atoms with E-state index in [4.69, 9.17) is 0 Å². The van der Waals surface area contributed by atoms with Crippen LogP contribution in [0.5, 0.6) is 0 Å². The molecule has 0 unspecified atom stereocenters. The summed E-state index contributed by atoms with van der Waals surface area (Å²) in [5.74, 6) is 0. The first-order valence-electron chi connectivity index (χ1n) is 11.9. The Balaban J connectivity index is 0.000000279. The Labute approximate surface area is 253 Å². The maximum absolute atomic E-state index is 12.0. The topological polar surface area (TPSA) is 0 Å². The molecule has 5 rings (SSSR count). The molecule has 0 N–H and O–H groups in total. The van der Waals surface area contributed by atoms with E-state index in [1.807, 2.05) is 9.78 Å². The zero-order valence-corrected chi connectivity index (χ0v) is 27.1. The predicted molar refractivity (Wildman–Crippen MR) is 145 cm³/mol. The quantitative estimate of drug-likeness (QED) is 0.203. The molecule has 1 aliphatic rings. The number of halogens is 5. The van der Waals surface area contributed by atoms with E-state index >= 15 is 0 Å². The number of hydrogen-bond donors (Lipinski definition) is 0. The minimum atomic E-state index is -4.22. The summed E-state index contributed by atoms with van der Waals surface area (Å²) in [5, 5.41) is 1.62. The second-order valence-corrected chi connectivity index (χ2v) is 15.8. The Morgan fingerprint density at radius 3 is 2.00 bits per heavy atom. The third-order valence-corrected chi connectivity index (χ3v) is 9.04. The summed E-state index contributed by atoms with van der Waals surface area (Å²) in [6.07, 6.45) is -3.17. The van der Waals surface area contributed by atoms with Gasteiger partial charge < -0.3 is 24.8 Å². The van der Waals surface area contributed by atoms with Crippen molar-refractivity contribution in [3.05, 3.63) is 118 Å². The normalized spacial score (nSPS) is 11.3. The van der Waals surface area contributed by atoms with Crippen molar-refractivity contribution in [2.75, 3.05) is 0 Å². The van der Waals surface area contributed by atoms with Gasteiger partial charge in [-0.05, 0) is 6.42 Å². The number of aryl methyl sites for hydroxylation is 2. The van der Waals surface area contributed by atoms with Crippen LogP contribution < -0.4 is 30.0 Å². The number of benzene rings is 3. The molecule has 4 aromatic carbocycles. The molecule has 7 heteroatoms. The van der Waals surface area contributed by atoms with Crippen molar-refractivity contribution in [1.82, 2.24) is 0 Å². The Kier molecular flexibility index (Phi) is 13.3. The van der Waals surface area contributed by atoms with Crippen LogP contribution in [0.25, 0.3) is 11.1 Å². The molecule has 0 aliphatic heterocycles. The predicted octanol–water partition coefficient (Wildman–Crippen LogP) is 2.04. The average molecular weight is 651 g/mol. The molecule has 0 saturated carbocycles. The average Bonchev–Trinajstić information content (AvgIpc) is 3.38. The summed E-state index contributed by atoms with van der Waals surface area (Å²) < 4.78 is 37.9. The summed E-state index contributed by atoms with van der Waals surface area (Å²) in [7, 11) is -1.06. The number of fused-ring (bicyclic) bond motifs is 3. The molecule has 1 aliphatic carbocycles. The van der Waals surface area contributed by atoms with Crippen molar-refractivity contribution in [2.45, 2.75) is 46.1 Å². The molecule has 0 saturated heterocycles. The van der Waals surface area contributed by atoms with Crippen molar-refractivity contribution in [1.29, 1.82) is 0 Å². The van der Waals surface area contributed by atoms with Crippen LogP contribution in [0.2, 0.25) is 19.6 Å². The molecular weight excluding hydrogens is 620 g/mol. The van der Waals surface area contributed by atoms with Crippen molar-refractivity contribution in [3.8, 4) is 11.1 Å². The second-order valence-electron chi connectivity index (χ2n) is 10.0. The Morgan fingerprint density at radius 2 is 1.50 bits per heavy atom. The first-order chi connectivity index (χ1) is 16.9. The van der Waals surface area contributed by atoms with Gasteiger partial charge in [-0.15, -0.1) is 5.56 Å². The third-order valence-electron chi connectivity index (χ3n) is 6.07. The molecule has 0 atom stereocenters. The molecule has 38 heavy (non-hydrogen) atoms. The molecule has 4 aromatic rings. The summed E-state index contributed by atoms with van der Waals surface area (Å²) >= 11 is 1.18. The van der Waals surface area contributed by atoms with Gasteiger partial charge in [0.1, 0.15) is 0 Å². The largest absolute Gasteiger partial charge is 1.00 e. The van der Waals surface area contributed by atoms with Crippen molar-refractivity contribution >= 4 is 17.0 Å². The van der Waals surface area contributed by atoms with Crippen molar-refractivity contribution in [3.63, 3.8) is 0 Å². The Morgan fingerprint density at radius 1 is 0.895 bits per heavy atom. The Hall–Kier alpha value is -1.65. The monoisotopic (exact) mass is 648 g/mol. The van der Waals surface area contributed by atoms with Gasteiger partial charge in [0, 0.05) is 8.07 Å². The van der Waals surface area contributed by atoms with Crippen LogP contribution in [0.15, 0.2) is 78.9 Å². The van der Waals surface area contributed by atoms with Crippen LogP contribution in [0.3, 0.4) is 0 Å². The van der Waals surface area contributed by atoms with Crippen LogP contribution in [0.4, 0.5) is 13.2 Å². The van der Waals surface area contributed by atoms with E-state index in [-0.39, 0.29) is 24.8 Å². The Bertz CT molecular complexity index is 1280. The zero-order valence-electron chi connectivity index (χ0n) is 22.2. The van der Waals surface area contributed by atoms with Crippen LogP contribution in [0, 0.1) is 19.9 Å². The van der Waals surface area contributed by atoms with Gasteiger partial charge in [-0.2, -0.15) is 52.2 Å². The van der Waals surface area contributed by atoms with Gasteiger partial charge in [-0.1, -0.05) is 68.9 Å². The molecule has 0 aromatic heterocycles. The van der Waals surface area contributed by atoms with Crippen LogP contribution in [-0.4, -0.2) is 11.8 Å². The summed E-state index contributed by atoms with van der Waals surface area (Å²) in [6.45, 7) is 11.6.